The maximum Gasteiger partial charge on any atom is 0.475 e. The molecule has 0 aromatic heterocycles. The average molecular weight is 1310 g/mol. The van der Waals surface area contributed by atoms with E-state index >= 15 is 0 Å². The highest BCUT2D eigenvalue weighted by Gasteiger charge is 2.42. The molecule has 158 valence electrons. The van der Waals surface area contributed by atoms with Crippen molar-refractivity contribution in [2.24, 2.45) is 0 Å². The van der Waals surface area contributed by atoms with Crippen LogP contribution in [0.1, 0.15) is 0 Å². The zero-order chi connectivity index (χ0) is 21.0. The summed E-state index contributed by atoms with van der Waals surface area (Å²) >= 11 is 37.4. The van der Waals surface area contributed by atoms with Crippen LogP contribution < -0.4 is 0 Å². The second-order valence-electron chi connectivity index (χ2n) is 4.45. The molecule has 0 aliphatic rings. The lowest BCUT2D eigenvalue weighted by atomic mass is 10.5. The molecule has 0 rings (SSSR count). The largest absolute Gasteiger partial charge is 0.475 e. The molecule has 0 amide bonds. The van der Waals surface area contributed by atoms with Crippen LogP contribution in [0.4, 0.5) is 0 Å². The minimum atomic E-state index is -3.86. The van der Waals surface area contributed by atoms with E-state index in [2.05, 4.69) is 211 Å². The van der Waals surface area contributed by atoms with Crippen LogP contribution >= 0.6 is 219 Å². The lowest BCUT2D eigenvalue weighted by Crippen LogP contribution is -2.30. The molecule has 17 heteroatoms. The Kier molecular flexibility index (Phi) is 17.9. The Bertz CT molecular complexity index is 428. The van der Waals surface area contributed by atoms with E-state index in [1.807, 2.05) is 0 Å². The van der Waals surface area contributed by atoms with Gasteiger partial charge in [-0.2, -0.15) is 0 Å². The molecule has 0 aliphatic heterocycles. The number of alkyl halides is 12. The first-order valence-corrected chi connectivity index (χ1v) is 18.5. The molecule has 4 nitrogen and oxygen atoms in total. The fraction of sp³-hybridized carbons (Fsp3) is 1.00. The second-order valence-corrected chi connectivity index (χ2v) is 29.8. The third kappa shape index (κ3) is 12.9. The highest BCUT2D eigenvalue weighted by Crippen LogP contribution is 2.56. The summed E-state index contributed by atoms with van der Waals surface area (Å²) in [5.74, 6) is 0. The van der Waals surface area contributed by atoms with Gasteiger partial charge in [-0.15, -0.1) is 0 Å². The Balaban J connectivity index is 5.23. The molecule has 0 bridgehead atoms. The first-order chi connectivity index (χ1) is 11.5. The predicted octanol–water partition coefficient (Wildman–Crippen LogP) is 10.1. The number of hydrogen-bond acceptors (Lipinski definition) is 4. The van der Waals surface area contributed by atoms with Gasteiger partial charge in [0.25, 0.3) is 0 Å². The molecule has 0 saturated heterocycles. The molecule has 3 unspecified atom stereocenters. The molecule has 26 heavy (non-hydrogen) atoms. The monoisotopic (exact) mass is 1300 g/mol. The molecule has 0 saturated carbocycles. The van der Waals surface area contributed by atoms with Crippen LogP contribution in [0.25, 0.3) is 0 Å². The molecule has 0 fully saturated rings. The molecular weight excluding hydrogens is 1300 g/mol. The van der Waals surface area contributed by atoms with Crippen LogP contribution in [0.2, 0.25) is 0 Å². The molecule has 0 aliphatic carbocycles. The van der Waals surface area contributed by atoms with E-state index in [0.29, 0.717) is 0 Å². The van der Waals surface area contributed by atoms with Gasteiger partial charge in [-0.05, 0) is 0 Å². The van der Waals surface area contributed by atoms with Crippen molar-refractivity contribution in [3.05, 3.63) is 0 Å². The van der Waals surface area contributed by atoms with Gasteiger partial charge < -0.3 is 0 Å². The van der Waals surface area contributed by atoms with Crippen molar-refractivity contribution >= 4 is 219 Å². The zero-order valence-electron chi connectivity index (χ0n) is 12.0. The highest BCUT2D eigenvalue weighted by molar-refractivity contribution is 14.1. The van der Waals surface area contributed by atoms with Crippen molar-refractivity contribution in [3.63, 3.8) is 0 Å². The van der Waals surface area contributed by atoms with Crippen LogP contribution in [0.15, 0.2) is 0 Å². The Morgan fingerprint density at radius 3 is 1.00 bits per heavy atom. The summed E-state index contributed by atoms with van der Waals surface area (Å²) in [4.78, 5) is 0. The maximum absolute atomic E-state index is 13.2. The van der Waals surface area contributed by atoms with Gasteiger partial charge in [0, 0.05) is 0 Å². The van der Waals surface area contributed by atoms with E-state index in [1.54, 1.807) is 0 Å². The van der Waals surface area contributed by atoms with Crippen molar-refractivity contribution in [2.45, 2.75) is 18.2 Å². The molecule has 0 radical (unpaired) electrons. The van der Waals surface area contributed by atoms with Gasteiger partial charge in [-0.25, -0.2) is 4.57 Å². The zero-order valence-corrected chi connectivity index (χ0v) is 33.6. The maximum atomic E-state index is 13.2. The van der Waals surface area contributed by atoms with E-state index in [4.69, 9.17) is 13.6 Å². The Hall–Kier alpha value is 6.62. The summed E-state index contributed by atoms with van der Waals surface area (Å²) < 4.78 is 27.9. The lowest BCUT2D eigenvalue weighted by molar-refractivity contribution is 0.115. The van der Waals surface area contributed by atoms with Gasteiger partial charge in [0.15, 0.2) is 0 Å². The summed E-state index contributed by atoms with van der Waals surface area (Å²) in [5, 5.41) is 0. The highest BCUT2D eigenvalue weighted by atomic mass is 127. The van der Waals surface area contributed by atoms with Crippen LogP contribution in [-0.2, 0) is 18.1 Å². The van der Waals surface area contributed by atoms with Crippen LogP contribution in [0.5, 0.6) is 0 Å². The predicted molar refractivity (Wildman–Crippen MR) is 167 cm³/mol. The number of phosphoric ester groups is 1. The van der Waals surface area contributed by atoms with E-state index < -0.39 is 14.8 Å². The van der Waals surface area contributed by atoms with Gasteiger partial charge in [0.1, 0.15) is 6.99 Å². The summed E-state index contributed by atoms with van der Waals surface area (Å²) in [7, 11) is -3.86. The summed E-state index contributed by atoms with van der Waals surface area (Å²) in [6, 6.07) is 0. The Morgan fingerprint density at radius 1 is 0.654 bits per heavy atom. The van der Waals surface area contributed by atoms with Crippen LogP contribution in [0.3, 0.4) is 0 Å². The van der Waals surface area contributed by atoms with Gasteiger partial charge in [0.05, 0.1) is 31.0 Å². The van der Waals surface area contributed by atoms with Crippen molar-refractivity contribution in [3.8, 4) is 0 Å². The third-order valence-electron chi connectivity index (χ3n) is 2.20. The minimum Gasteiger partial charge on any atom is -0.284 e. The smallest absolute Gasteiger partial charge is 0.284 e. The molecule has 0 aromatic rings. The summed E-state index contributed by atoms with van der Waals surface area (Å²) in [6.45, 7) is 0.200. The average Bonchev–Trinajstić information content (AvgIpc) is 2.49. The number of phosphoric acid groups is 1. The van der Waals surface area contributed by atoms with Crippen molar-refractivity contribution in [1.29, 1.82) is 0 Å². The van der Waals surface area contributed by atoms with Gasteiger partial charge in [-0.3, -0.25) is 13.6 Å². The van der Waals surface area contributed by atoms with E-state index in [-0.39, 0.29) is 31.0 Å². The van der Waals surface area contributed by atoms with Crippen molar-refractivity contribution in [2.75, 3.05) is 19.8 Å². The van der Waals surface area contributed by atoms with Gasteiger partial charge in [0.2, 0.25) is 0 Å². The Labute approximate surface area is 269 Å². The van der Waals surface area contributed by atoms with Gasteiger partial charge >= 0.3 is 7.82 Å². The second kappa shape index (κ2) is 14.2. The number of hydrogen-bond donors (Lipinski definition) is 0. The van der Waals surface area contributed by atoms with E-state index in [1.165, 1.54) is 0 Å². The fourth-order valence-corrected chi connectivity index (χ4v) is 4.98. The van der Waals surface area contributed by atoms with Gasteiger partial charge in [-0.1, -0.05) is 211 Å². The lowest BCUT2D eigenvalue weighted by Gasteiger charge is -2.30. The van der Waals surface area contributed by atoms with Crippen molar-refractivity contribution in [1.82, 2.24) is 0 Å². The first-order valence-electron chi connectivity index (χ1n) is 5.97. The third-order valence-corrected chi connectivity index (χ3v) is 21.9. The first kappa shape index (κ1) is 32.6. The molecule has 0 heterocycles. The molecule has 0 N–H and O–H groups in total. The molecule has 3 atom stereocenters. The molecular formula is C9H9Br9I3O4P. The standard InChI is InChI=1S/C9H9Br9I3O4P/c10-4(11)7(16,19)1-23-26(22,24-2-8(17,20)5(12)13)25-3-9(18,21)6(14)15/h4-6H,1-3H2. The van der Waals surface area contributed by atoms with Crippen LogP contribution in [0, 0.1) is 0 Å². The normalized spacial score (nSPS) is 22.1. The summed E-state index contributed by atoms with van der Waals surface area (Å²) in [6.07, 6.45) is 0. The topological polar surface area (TPSA) is 44.8 Å². The van der Waals surface area contributed by atoms with E-state index in [9.17, 15) is 4.57 Å². The quantitative estimate of drug-likeness (QED) is 0.111. The SMILES string of the molecule is O=P(OCC(Br)(I)C(Br)Br)(OCC(Br)(I)C(Br)Br)OCC(Br)(I)C(Br)Br. The molecule has 0 spiro atoms. The summed E-state index contributed by atoms with van der Waals surface area (Å²) in [5.41, 5.74) is 0. The number of halogens is 12. The fourth-order valence-electron chi connectivity index (χ4n) is 0.796. The minimum absolute atomic E-state index is 0.0666. The van der Waals surface area contributed by atoms with Crippen molar-refractivity contribution < 1.29 is 18.1 Å². The molecule has 0 aromatic carbocycles. The Morgan fingerprint density at radius 2 is 0.846 bits per heavy atom. The number of rotatable bonds is 12. The van der Waals surface area contributed by atoms with E-state index in [0.717, 1.165) is 0 Å². The van der Waals surface area contributed by atoms with Crippen LogP contribution in [-0.4, -0.2) is 38.0 Å².